The highest BCUT2D eigenvalue weighted by Crippen LogP contribution is 1.87. The maximum absolute atomic E-state index is 11.1. The van der Waals surface area contributed by atoms with Crippen molar-refractivity contribution in [1.29, 1.82) is 0 Å². The molecule has 0 unspecified atom stereocenters. The molecule has 0 aromatic rings. The van der Waals surface area contributed by atoms with Crippen molar-refractivity contribution in [2.45, 2.75) is 0 Å². The third-order valence-electron chi connectivity index (χ3n) is 0.516. The zero-order chi connectivity index (χ0) is 6.41. The molecular formula is C5H7F2N. The number of halogens is 2. The fourth-order valence-electron chi connectivity index (χ4n) is 0.237. The second-order valence-electron chi connectivity index (χ2n) is 1.15. The Bertz CT molecular complexity index is 88.4. The maximum atomic E-state index is 11.1. The van der Waals surface area contributed by atoms with Gasteiger partial charge in [0.25, 0.3) is 0 Å². The molecule has 0 aromatic heterocycles. The molecule has 0 saturated carbocycles. The Morgan fingerprint density at radius 2 is 2.12 bits per heavy atom. The van der Waals surface area contributed by atoms with Gasteiger partial charge in [0.1, 0.15) is 0 Å². The quantitative estimate of drug-likeness (QED) is 0.404. The fourth-order valence-corrected chi connectivity index (χ4v) is 0.237. The molecule has 0 saturated heterocycles. The smallest absolute Gasteiger partial charge is 0.0804 e. The Morgan fingerprint density at radius 3 is 2.50 bits per heavy atom. The lowest BCUT2D eigenvalue weighted by Gasteiger charge is -1.89. The van der Waals surface area contributed by atoms with Gasteiger partial charge in [-0.1, -0.05) is 24.8 Å². The van der Waals surface area contributed by atoms with E-state index in [0.29, 0.717) is 0 Å². The highest BCUT2D eigenvalue weighted by atomic mass is 19.4. The van der Waals surface area contributed by atoms with E-state index in [1.807, 2.05) is 0 Å². The average Bonchev–Trinajstić information content (AvgIpc) is 1.66. The number of hydrogen-bond donors (Lipinski definition) is 0. The lowest BCUT2D eigenvalue weighted by Crippen LogP contribution is -1.97. The van der Waals surface area contributed by atoms with Gasteiger partial charge in [-0.25, -0.2) is 0 Å². The molecule has 0 aromatic carbocycles. The van der Waals surface area contributed by atoms with E-state index < -0.39 is 5.34 Å². The third-order valence-corrected chi connectivity index (χ3v) is 0.516. The Hall–Kier alpha value is -0.700. The monoisotopic (exact) mass is 119 g/mol. The van der Waals surface area contributed by atoms with Crippen molar-refractivity contribution >= 4 is 0 Å². The molecule has 8 heavy (non-hydrogen) atoms. The van der Waals surface area contributed by atoms with E-state index in [1.165, 1.54) is 18.2 Å². The summed E-state index contributed by atoms with van der Waals surface area (Å²) >= 11 is 0. The normalized spacial score (nSPS) is 10.9. The topological polar surface area (TPSA) is 3.24 Å². The molecule has 0 N–H and O–H groups in total. The molecule has 0 fully saturated rings. The minimum atomic E-state index is -0.903. The molecule has 0 amide bonds. The summed E-state index contributed by atoms with van der Waals surface area (Å²) in [4.78, 5) is 0. The first kappa shape index (κ1) is 7.30. The van der Waals surface area contributed by atoms with E-state index in [-0.39, 0.29) is 6.54 Å². The molecule has 46 valence electrons. The van der Waals surface area contributed by atoms with Crippen LogP contribution in [0.25, 0.3) is 0 Å². The number of nitrogens with zero attached hydrogens (tertiary/aromatic N) is 1. The second-order valence-corrected chi connectivity index (χ2v) is 1.15. The van der Waals surface area contributed by atoms with Gasteiger partial charge in [-0.05, 0) is 0 Å². The first-order valence-electron chi connectivity index (χ1n) is 2.14. The SMILES string of the molecule is C=CC=CCN(F)F. The predicted molar refractivity (Wildman–Crippen MR) is 28.3 cm³/mol. The van der Waals surface area contributed by atoms with Gasteiger partial charge in [0.05, 0.1) is 6.54 Å². The molecule has 3 heteroatoms. The molecule has 0 bridgehead atoms. The minimum Gasteiger partial charge on any atom is -0.101 e. The lowest BCUT2D eigenvalue weighted by molar-refractivity contribution is -0.142. The largest absolute Gasteiger partial charge is 0.101 e. The van der Waals surface area contributed by atoms with Gasteiger partial charge in [0, 0.05) is 5.34 Å². The van der Waals surface area contributed by atoms with Crippen LogP contribution in [0.3, 0.4) is 0 Å². The number of hydrogen-bond acceptors (Lipinski definition) is 1. The predicted octanol–water partition coefficient (Wildman–Crippen LogP) is 1.80. The van der Waals surface area contributed by atoms with Gasteiger partial charge in [-0.15, -0.1) is 8.96 Å². The van der Waals surface area contributed by atoms with Crippen LogP contribution in [-0.2, 0) is 0 Å². The van der Waals surface area contributed by atoms with Crippen LogP contribution in [0.5, 0.6) is 0 Å². The Morgan fingerprint density at radius 1 is 1.50 bits per heavy atom. The minimum absolute atomic E-state index is 0.341. The van der Waals surface area contributed by atoms with Crippen LogP contribution in [0, 0.1) is 0 Å². The van der Waals surface area contributed by atoms with Crippen LogP contribution in [0.4, 0.5) is 8.96 Å². The molecule has 0 spiro atoms. The van der Waals surface area contributed by atoms with Crippen LogP contribution in [0.2, 0.25) is 0 Å². The lowest BCUT2D eigenvalue weighted by atomic mass is 10.5. The maximum Gasteiger partial charge on any atom is 0.0804 e. The fraction of sp³-hybridized carbons (Fsp3) is 0.200. The molecule has 0 radical (unpaired) electrons. The van der Waals surface area contributed by atoms with Crippen molar-refractivity contribution in [2.24, 2.45) is 0 Å². The second kappa shape index (κ2) is 4.46. The van der Waals surface area contributed by atoms with Crippen LogP contribution < -0.4 is 0 Å². The van der Waals surface area contributed by atoms with Gasteiger partial charge < -0.3 is 0 Å². The summed E-state index contributed by atoms with van der Waals surface area (Å²) in [6.07, 6.45) is 4.22. The highest BCUT2D eigenvalue weighted by molar-refractivity contribution is 4.97. The van der Waals surface area contributed by atoms with Crippen molar-refractivity contribution in [3.63, 3.8) is 0 Å². The van der Waals surface area contributed by atoms with Crippen LogP contribution in [0.1, 0.15) is 0 Å². The van der Waals surface area contributed by atoms with E-state index in [9.17, 15) is 8.96 Å². The summed E-state index contributed by atoms with van der Waals surface area (Å²) in [5.41, 5.74) is 0. The van der Waals surface area contributed by atoms with Crippen molar-refractivity contribution in [3.8, 4) is 0 Å². The molecule has 0 aliphatic heterocycles. The average molecular weight is 119 g/mol. The van der Waals surface area contributed by atoms with Gasteiger partial charge in [0.15, 0.2) is 0 Å². The zero-order valence-corrected chi connectivity index (χ0v) is 4.35. The third kappa shape index (κ3) is 5.30. The Labute approximate surface area is 46.8 Å². The zero-order valence-electron chi connectivity index (χ0n) is 4.35. The van der Waals surface area contributed by atoms with E-state index in [1.54, 1.807) is 0 Å². The molecule has 0 rings (SSSR count). The molecule has 0 aliphatic rings. The summed E-state index contributed by atoms with van der Waals surface area (Å²) in [7, 11) is 0. The molecule has 0 atom stereocenters. The van der Waals surface area contributed by atoms with E-state index in [2.05, 4.69) is 6.58 Å². The van der Waals surface area contributed by atoms with E-state index in [0.717, 1.165) is 0 Å². The first-order chi connectivity index (χ1) is 3.77. The summed E-state index contributed by atoms with van der Waals surface area (Å²) in [5, 5.41) is -0.903. The molecule has 0 heterocycles. The van der Waals surface area contributed by atoms with Crippen LogP contribution in [-0.4, -0.2) is 11.9 Å². The van der Waals surface area contributed by atoms with Crippen LogP contribution >= 0.6 is 0 Å². The van der Waals surface area contributed by atoms with Gasteiger partial charge in [0.2, 0.25) is 0 Å². The summed E-state index contributed by atoms with van der Waals surface area (Å²) in [5.74, 6) is 0. The van der Waals surface area contributed by atoms with E-state index in [4.69, 9.17) is 0 Å². The number of rotatable bonds is 3. The molecule has 0 aliphatic carbocycles. The van der Waals surface area contributed by atoms with Crippen molar-refractivity contribution in [1.82, 2.24) is 5.34 Å². The van der Waals surface area contributed by atoms with Gasteiger partial charge in [-0.2, -0.15) is 0 Å². The van der Waals surface area contributed by atoms with Gasteiger partial charge in [-0.3, -0.25) is 0 Å². The standard InChI is InChI=1S/C5H7F2N/c1-2-3-4-5-8(6)7/h2-4H,1,5H2. The number of allylic oxidation sites excluding steroid dienone is 2. The van der Waals surface area contributed by atoms with Crippen molar-refractivity contribution in [3.05, 3.63) is 24.8 Å². The molecular weight excluding hydrogens is 112 g/mol. The summed E-state index contributed by atoms with van der Waals surface area (Å²) in [6.45, 7) is 2.97. The highest BCUT2D eigenvalue weighted by Gasteiger charge is 1.89. The first-order valence-corrected chi connectivity index (χ1v) is 2.14. The van der Waals surface area contributed by atoms with Crippen molar-refractivity contribution < 1.29 is 8.96 Å². The summed E-state index contributed by atoms with van der Waals surface area (Å²) in [6, 6.07) is 0. The Balaban J connectivity index is 3.15. The Kier molecular flexibility index (Phi) is 4.07. The summed E-state index contributed by atoms with van der Waals surface area (Å²) < 4.78 is 22.2. The van der Waals surface area contributed by atoms with Crippen molar-refractivity contribution in [2.75, 3.05) is 6.54 Å². The van der Waals surface area contributed by atoms with E-state index >= 15 is 0 Å². The van der Waals surface area contributed by atoms with Gasteiger partial charge >= 0.3 is 0 Å². The van der Waals surface area contributed by atoms with Crippen LogP contribution in [0.15, 0.2) is 24.8 Å². The molecule has 1 nitrogen and oxygen atoms in total.